The molecule has 668 valence electrons. The van der Waals surface area contributed by atoms with Crippen molar-refractivity contribution in [3.63, 3.8) is 0 Å². The van der Waals surface area contributed by atoms with Crippen LogP contribution in [0.2, 0.25) is 0 Å². The lowest BCUT2D eigenvalue weighted by molar-refractivity contribution is -0.141. The van der Waals surface area contributed by atoms with E-state index in [9.17, 15) is 115 Å². The number of aliphatic carboxylic acids is 1. The highest BCUT2D eigenvalue weighted by Crippen LogP contribution is 2.37. The standard InChI is InChI=1S/C69H119N17O28P4/c70-69(71)78-38-18-25-49-64(98)79-45-60(93)82-53(44-61(94)95)68(102)86-52(43-46-19-4-1-5-20-46)67(101)85-51(66(100)84-49)24-10-16-33-73-55(88)26-6-2-12-32-72-54(87)27-7-3-13-36-76-63(97)48(83-65(99)50(81-59(92)31-42-118(112,113)114)23-9-15-35-75-57(90)29-40-116(106,107)108)22-11-17-37-77-62(96)47(80-58(91)30-41-117(109,110)111)21-8-14-34-74-56(89)28-39-115(103,104)105/h1,4-5,19-20,47-53H,2-3,6-18,21-45H2,(H,72,87)(H,73,88)(H,74,89)(H,75,90)(H,76,97)(H,77,96)(H,79,98)(H,80,91)(H,81,92)(H,82,93)(H,83,99)(H,84,100)(H,85,101)(H,86,102)(H,94,95)(H4,70,71,78)(H2,103,104,105)(H2,106,107,108)(H2,109,110,111)(H2,112,113,114). The Morgan fingerprint density at radius 1 is 0.398 bits per heavy atom. The Morgan fingerprint density at radius 3 is 1.19 bits per heavy atom. The normalized spacial score (nSPS) is 16.5. The predicted molar refractivity (Wildman–Crippen MR) is 425 cm³/mol. The number of carbonyl (C=O) groups excluding carboxylic acids is 14. The maximum atomic E-state index is 14.1. The first-order valence-electron chi connectivity index (χ1n) is 39.0. The van der Waals surface area contributed by atoms with Gasteiger partial charge in [-0.2, -0.15) is 0 Å². The number of guanidine groups is 1. The summed E-state index contributed by atoms with van der Waals surface area (Å²) in [6.45, 7) is -0.167. The number of carboxylic acid groups (broad SMARTS) is 1. The molecule has 1 aliphatic rings. The molecule has 1 heterocycles. The molecule has 45 nitrogen and oxygen atoms in total. The van der Waals surface area contributed by atoms with Crippen LogP contribution in [0.3, 0.4) is 0 Å². The van der Waals surface area contributed by atoms with Crippen molar-refractivity contribution in [2.24, 2.45) is 16.5 Å². The number of unbranched alkanes of at least 4 members (excludes halogenated alkanes) is 8. The first kappa shape index (κ1) is 105. The van der Waals surface area contributed by atoms with E-state index in [1.165, 1.54) is 0 Å². The molecular weight excluding hydrogens is 1640 g/mol. The molecule has 1 aromatic carbocycles. The quantitative estimate of drug-likeness (QED) is 0.0128. The number of nitrogens with two attached hydrogens (primary N) is 2. The molecule has 2 rings (SSSR count). The summed E-state index contributed by atoms with van der Waals surface area (Å²) >= 11 is 0. The van der Waals surface area contributed by atoms with Crippen LogP contribution < -0.4 is 85.9 Å². The zero-order chi connectivity index (χ0) is 88.3. The number of benzene rings is 1. The Hall–Kier alpha value is -8.86. The second-order valence-electron chi connectivity index (χ2n) is 28.2. The number of rotatable bonds is 58. The summed E-state index contributed by atoms with van der Waals surface area (Å²) in [4.78, 5) is 275. The van der Waals surface area contributed by atoms with Crippen molar-refractivity contribution in [2.75, 3.05) is 77.0 Å². The van der Waals surface area contributed by atoms with E-state index in [2.05, 4.69) is 79.4 Å². The van der Waals surface area contributed by atoms with Crippen molar-refractivity contribution in [1.29, 1.82) is 0 Å². The van der Waals surface area contributed by atoms with Gasteiger partial charge in [0.25, 0.3) is 0 Å². The number of aliphatic imine (C=N–C) groups is 1. The molecule has 0 radical (unpaired) electrons. The third-order valence-electron chi connectivity index (χ3n) is 17.8. The molecule has 14 amide bonds. The van der Waals surface area contributed by atoms with Gasteiger partial charge < -0.3 is 130 Å². The van der Waals surface area contributed by atoms with Crippen molar-refractivity contribution in [1.82, 2.24) is 74.4 Å². The molecular formula is C69H119N17O28P4. The lowest BCUT2D eigenvalue weighted by Gasteiger charge is -2.26. The van der Waals surface area contributed by atoms with Crippen LogP contribution >= 0.6 is 30.4 Å². The van der Waals surface area contributed by atoms with Crippen LogP contribution in [0.4, 0.5) is 0 Å². The fourth-order valence-electron chi connectivity index (χ4n) is 11.4. The molecule has 1 aliphatic heterocycles. The molecule has 0 saturated carbocycles. The van der Waals surface area contributed by atoms with Gasteiger partial charge in [-0.15, -0.1) is 0 Å². The van der Waals surface area contributed by atoms with Gasteiger partial charge in [0.15, 0.2) is 5.96 Å². The number of carboxylic acids is 1. The van der Waals surface area contributed by atoms with Crippen molar-refractivity contribution in [3.8, 4) is 0 Å². The van der Waals surface area contributed by atoms with Gasteiger partial charge in [-0.25, -0.2) is 0 Å². The second-order valence-corrected chi connectivity index (χ2v) is 35.3. The number of hydrogen-bond donors (Lipinski definition) is 25. The monoisotopic (exact) mass is 1760 g/mol. The van der Waals surface area contributed by atoms with E-state index in [1.807, 2.05) is 0 Å². The van der Waals surface area contributed by atoms with E-state index in [0.717, 1.165) is 0 Å². The van der Waals surface area contributed by atoms with E-state index < -0.39 is 213 Å². The number of carbonyl (C=O) groups is 15. The Bertz CT molecular complexity index is 3670. The minimum absolute atomic E-state index is 0.0111. The molecule has 49 heteroatoms. The fraction of sp³-hybridized carbons (Fsp3) is 0.681. The topological polar surface area (TPSA) is 739 Å². The summed E-state index contributed by atoms with van der Waals surface area (Å²) < 4.78 is 45.5. The first-order chi connectivity index (χ1) is 55.5. The van der Waals surface area contributed by atoms with Crippen LogP contribution in [0.25, 0.3) is 0 Å². The zero-order valence-electron chi connectivity index (χ0n) is 65.9. The third kappa shape index (κ3) is 54.3. The highest BCUT2D eigenvalue weighted by Gasteiger charge is 2.35. The summed E-state index contributed by atoms with van der Waals surface area (Å²) in [5.74, 6) is -12.0. The molecule has 1 saturated heterocycles. The van der Waals surface area contributed by atoms with E-state index >= 15 is 0 Å². The van der Waals surface area contributed by atoms with Gasteiger partial charge in [0.1, 0.15) is 42.3 Å². The van der Waals surface area contributed by atoms with Crippen molar-refractivity contribution >= 4 is 125 Å². The summed E-state index contributed by atoms with van der Waals surface area (Å²) in [6.07, 6.45) is -1.80. The van der Waals surface area contributed by atoms with E-state index in [1.54, 1.807) is 30.3 Å². The van der Waals surface area contributed by atoms with Crippen LogP contribution in [0.15, 0.2) is 35.3 Å². The molecule has 7 unspecified atom stereocenters. The lowest BCUT2D eigenvalue weighted by Crippen LogP contribution is -2.58. The molecule has 1 aromatic rings. The van der Waals surface area contributed by atoms with Gasteiger partial charge in [0, 0.05) is 90.8 Å². The minimum Gasteiger partial charge on any atom is -0.481 e. The Balaban J connectivity index is 2.07. The van der Waals surface area contributed by atoms with Crippen LogP contribution in [0.1, 0.15) is 179 Å². The van der Waals surface area contributed by atoms with E-state index in [-0.39, 0.29) is 160 Å². The van der Waals surface area contributed by atoms with Gasteiger partial charge in [-0.05, 0) is 121 Å². The molecule has 0 spiro atoms. The zero-order valence-corrected chi connectivity index (χ0v) is 69.5. The molecule has 1 fully saturated rings. The summed E-state index contributed by atoms with van der Waals surface area (Å²) in [6, 6.07) is -1.14. The highest BCUT2D eigenvalue weighted by molar-refractivity contribution is 7.52. The van der Waals surface area contributed by atoms with Crippen LogP contribution in [-0.2, 0) is 96.6 Å². The summed E-state index contributed by atoms with van der Waals surface area (Å²) in [7, 11) is -18.2. The Labute approximate surface area is 682 Å². The van der Waals surface area contributed by atoms with Crippen molar-refractivity contribution in [3.05, 3.63) is 35.9 Å². The van der Waals surface area contributed by atoms with Gasteiger partial charge >= 0.3 is 36.4 Å². The second kappa shape index (κ2) is 57.3. The van der Waals surface area contributed by atoms with Crippen molar-refractivity contribution in [2.45, 2.75) is 222 Å². The lowest BCUT2D eigenvalue weighted by atomic mass is 10.0. The van der Waals surface area contributed by atoms with Gasteiger partial charge in [0.05, 0.1) is 37.6 Å². The molecule has 0 aliphatic carbocycles. The summed E-state index contributed by atoms with van der Waals surface area (Å²) in [5.41, 5.74) is 11.5. The maximum absolute atomic E-state index is 14.1. The van der Waals surface area contributed by atoms with Gasteiger partial charge in [-0.3, -0.25) is 95.2 Å². The highest BCUT2D eigenvalue weighted by atomic mass is 31.2. The largest absolute Gasteiger partial charge is 0.481 e. The molecule has 27 N–H and O–H groups in total. The van der Waals surface area contributed by atoms with E-state index in [4.69, 9.17) is 31.0 Å². The van der Waals surface area contributed by atoms with Crippen molar-refractivity contribution < 1.29 is 134 Å². The van der Waals surface area contributed by atoms with Crippen LogP contribution in [0, 0.1) is 0 Å². The van der Waals surface area contributed by atoms with Crippen LogP contribution in [-0.4, -0.2) is 258 Å². The minimum atomic E-state index is -4.68. The molecule has 7 atom stereocenters. The summed E-state index contributed by atoms with van der Waals surface area (Å²) in [5, 5.41) is 45.6. The number of nitrogens with one attached hydrogen (secondary N) is 14. The number of amides is 14. The SMILES string of the molecule is NC(N)=NCCCC1NC(=O)C(CCCCNC(=O)CCCCCNC(=O)CCCCCNC(=O)C(CCCCNC(=O)C(CCCCNC(=O)CCP(=O)(O)O)NC(=O)CCP(=O)(O)O)NC(=O)C(CCCCNC(=O)CCP(=O)(O)O)NC(=O)CCP(=O)(O)O)NC(=O)C(Cc2ccccc2)NC(=O)C(CC(=O)O)NC(=O)CNC1=O. The smallest absolute Gasteiger partial charge is 0.326 e. The van der Waals surface area contributed by atoms with Gasteiger partial charge in [-0.1, -0.05) is 43.2 Å². The molecule has 0 aromatic heterocycles. The average Bonchev–Trinajstić information content (AvgIpc) is 1.88. The molecule has 118 heavy (non-hydrogen) atoms. The fourth-order valence-corrected chi connectivity index (χ4v) is 13.4. The maximum Gasteiger partial charge on any atom is 0.326 e. The first-order valence-corrected chi connectivity index (χ1v) is 46.2. The predicted octanol–water partition coefficient (Wildman–Crippen LogP) is -3.95. The van der Waals surface area contributed by atoms with E-state index in [0.29, 0.717) is 57.1 Å². The van der Waals surface area contributed by atoms with Gasteiger partial charge in [0.2, 0.25) is 82.7 Å². The average molecular weight is 1760 g/mol. The third-order valence-corrected chi connectivity index (χ3v) is 21.0. The number of nitrogens with zero attached hydrogens (tertiary/aromatic N) is 1. The Kier molecular flexibility index (Phi) is 51.1. The van der Waals surface area contributed by atoms with Crippen LogP contribution in [0.5, 0.6) is 0 Å². The number of hydrogen-bond acceptors (Lipinski definition) is 20. The molecule has 0 bridgehead atoms. The Morgan fingerprint density at radius 2 is 0.754 bits per heavy atom.